The number of nitrogens with zero attached hydrogens (tertiary/aromatic N) is 1. The second-order valence-corrected chi connectivity index (χ2v) is 5.53. The van der Waals surface area contributed by atoms with Crippen molar-refractivity contribution in [2.24, 2.45) is 5.73 Å². The van der Waals surface area contributed by atoms with Crippen LogP contribution in [0.15, 0.2) is 59.0 Å². The molecule has 0 saturated heterocycles. The molecule has 0 amide bonds. The van der Waals surface area contributed by atoms with Gasteiger partial charge in [0.05, 0.1) is 0 Å². The minimum Gasteiger partial charge on any atom is -0.487 e. The van der Waals surface area contributed by atoms with Gasteiger partial charge in [0.2, 0.25) is 5.89 Å². The molecule has 0 aliphatic carbocycles. The summed E-state index contributed by atoms with van der Waals surface area (Å²) in [5, 5.41) is 0. The number of hydrogen-bond acceptors (Lipinski definition) is 4. The van der Waals surface area contributed by atoms with E-state index in [1.807, 2.05) is 68.4 Å². The molecular weight excluding hydrogens is 288 g/mol. The maximum atomic E-state index is 5.84. The molecule has 4 nitrogen and oxygen atoms in total. The molecule has 1 heterocycles. The summed E-state index contributed by atoms with van der Waals surface area (Å²) in [6.45, 7) is 4.23. The Morgan fingerprint density at radius 2 is 1.78 bits per heavy atom. The van der Waals surface area contributed by atoms with E-state index in [1.165, 1.54) is 0 Å². The van der Waals surface area contributed by atoms with Crippen LogP contribution in [0.5, 0.6) is 5.75 Å². The normalized spacial score (nSPS) is 12.1. The Kier molecular flexibility index (Phi) is 4.44. The van der Waals surface area contributed by atoms with Gasteiger partial charge in [-0.15, -0.1) is 0 Å². The zero-order valence-corrected chi connectivity index (χ0v) is 13.3. The Morgan fingerprint density at radius 1 is 1.09 bits per heavy atom. The van der Waals surface area contributed by atoms with Gasteiger partial charge in [0, 0.05) is 11.6 Å². The van der Waals surface area contributed by atoms with Gasteiger partial charge in [0.1, 0.15) is 23.8 Å². The molecule has 0 radical (unpaired) electrons. The largest absolute Gasteiger partial charge is 0.487 e. The van der Waals surface area contributed by atoms with Gasteiger partial charge in [-0.1, -0.05) is 30.3 Å². The van der Waals surface area contributed by atoms with E-state index in [9.17, 15) is 0 Å². The van der Waals surface area contributed by atoms with Crippen LogP contribution in [0.1, 0.15) is 30.0 Å². The van der Waals surface area contributed by atoms with Crippen LogP contribution in [0.4, 0.5) is 0 Å². The first kappa shape index (κ1) is 15.3. The SMILES string of the molecule is Cc1oc(-c2ccccc2)nc1COc1ccc(C(C)N)cc1. The van der Waals surface area contributed by atoms with E-state index in [4.69, 9.17) is 14.9 Å². The van der Waals surface area contributed by atoms with Crippen molar-refractivity contribution in [3.8, 4) is 17.2 Å². The predicted octanol–water partition coefficient (Wildman–Crippen LogP) is 4.25. The van der Waals surface area contributed by atoms with Gasteiger partial charge in [0.15, 0.2) is 0 Å². The number of benzene rings is 2. The van der Waals surface area contributed by atoms with E-state index >= 15 is 0 Å². The van der Waals surface area contributed by atoms with E-state index in [1.54, 1.807) is 0 Å². The van der Waals surface area contributed by atoms with Gasteiger partial charge in [0.25, 0.3) is 0 Å². The molecule has 0 spiro atoms. The Bertz CT molecular complexity index is 762. The van der Waals surface area contributed by atoms with Crippen molar-refractivity contribution in [3.05, 3.63) is 71.6 Å². The standard InChI is InChI=1S/C19H20N2O2/c1-13(20)15-8-10-17(11-9-15)22-12-18-14(2)23-19(21-18)16-6-4-3-5-7-16/h3-11,13H,12,20H2,1-2H3. The van der Waals surface area contributed by atoms with Gasteiger partial charge in [-0.05, 0) is 43.7 Å². The van der Waals surface area contributed by atoms with Gasteiger partial charge in [-0.2, -0.15) is 0 Å². The first-order valence-corrected chi connectivity index (χ1v) is 7.63. The molecule has 0 aliphatic heterocycles. The zero-order chi connectivity index (χ0) is 16.2. The highest BCUT2D eigenvalue weighted by molar-refractivity contribution is 5.53. The number of rotatable bonds is 5. The molecule has 0 aliphatic rings. The molecule has 0 bridgehead atoms. The summed E-state index contributed by atoms with van der Waals surface area (Å²) >= 11 is 0. The lowest BCUT2D eigenvalue weighted by Crippen LogP contribution is -2.04. The van der Waals surface area contributed by atoms with Crippen molar-refractivity contribution in [1.82, 2.24) is 4.98 Å². The quantitative estimate of drug-likeness (QED) is 0.765. The van der Waals surface area contributed by atoms with Crippen molar-refractivity contribution in [3.63, 3.8) is 0 Å². The molecule has 118 valence electrons. The maximum absolute atomic E-state index is 5.84. The molecular formula is C19H20N2O2. The van der Waals surface area contributed by atoms with Crippen molar-refractivity contribution >= 4 is 0 Å². The smallest absolute Gasteiger partial charge is 0.226 e. The molecule has 2 N–H and O–H groups in total. The summed E-state index contributed by atoms with van der Waals surface area (Å²) in [5.41, 5.74) is 8.69. The minimum absolute atomic E-state index is 0.0234. The van der Waals surface area contributed by atoms with Crippen molar-refractivity contribution < 1.29 is 9.15 Å². The van der Waals surface area contributed by atoms with Crippen LogP contribution in [0.2, 0.25) is 0 Å². The fourth-order valence-electron chi connectivity index (χ4n) is 2.29. The highest BCUT2D eigenvalue weighted by Crippen LogP contribution is 2.23. The van der Waals surface area contributed by atoms with Crippen LogP contribution in [-0.4, -0.2) is 4.98 Å². The molecule has 4 heteroatoms. The highest BCUT2D eigenvalue weighted by atomic mass is 16.5. The van der Waals surface area contributed by atoms with Crippen molar-refractivity contribution in [2.45, 2.75) is 26.5 Å². The monoisotopic (exact) mass is 308 g/mol. The van der Waals surface area contributed by atoms with E-state index in [2.05, 4.69) is 4.98 Å². The summed E-state index contributed by atoms with van der Waals surface area (Å²) in [4.78, 5) is 4.53. The average Bonchev–Trinajstić information content (AvgIpc) is 2.95. The van der Waals surface area contributed by atoms with Crippen LogP contribution in [-0.2, 0) is 6.61 Å². The molecule has 3 aromatic rings. The minimum atomic E-state index is 0.0234. The molecule has 0 saturated carbocycles. The third-order valence-electron chi connectivity index (χ3n) is 3.69. The predicted molar refractivity (Wildman–Crippen MR) is 90.1 cm³/mol. The van der Waals surface area contributed by atoms with Crippen LogP contribution >= 0.6 is 0 Å². The van der Waals surface area contributed by atoms with Crippen LogP contribution in [0, 0.1) is 6.92 Å². The van der Waals surface area contributed by atoms with E-state index < -0.39 is 0 Å². The molecule has 0 fully saturated rings. The van der Waals surface area contributed by atoms with E-state index in [0.29, 0.717) is 12.5 Å². The van der Waals surface area contributed by atoms with Crippen molar-refractivity contribution in [1.29, 1.82) is 0 Å². The zero-order valence-electron chi connectivity index (χ0n) is 13.3. The van der Waals surface area contributed by atoms with Crippen LogP contribution < -0.4 is 10.5 Å². The first-order valence-electron chi connectivity index (χ1n) is 7.63. The fourth-order valence-corrected chi connectivity index (χ4v) is 2.29. The average molecular weight is 308 g/mol. The number of aromatic nitrogens is 1. The number of ether oxygens (including phenoxy) is 1. The Labute approximate surface area is 135 Å². The third kappa shape index (κ3) is 3.60. The van der Waals surface area contributed by atoms with Crippen LogP contribution in [0.25, 0.3) is 11.5 Å². The van der Waals surface area contributed by atoms with Gasteiger partial charge in [-0.25, -0.2) is 4.98 Å². The Morgan fingerprint density at radius 3 is 2.43 bits per heavy atom. The number of aryl methyl sites for hydroxylation is 1. The second kappa shape index (κ2) is 6.67. The van der Waals surface area contributed by atoms with Gasteiger partial charge in [-0.3, -0.25) is 0 Å². The maximum Gasteiger partial charge on any atom is 0.226 e. The van der Waals surface area contributed by atoms with Crippen molar-refractivity contribution in [2.75, 3.05) is 0 Å². The molecule has 1 aromatic heterocycles. The number of nitrogens with two attached hydrogens (primary N) is 1. The fraction of sp³-hybridized carbons (Fsp3) is 0.211. The lowest BCUT2D eigenvalue weighted by Gasteiger charge is -2.08. The molecule has 3 rings (SSSR count). The summed E-state index contributed by atoms with van der Waals surface area (Å²) in [7, 11) is 0. The van der Waals surface area contributed by atoms with Gasteiger partial charge >= 0.3 is 0 Å². The molecule has 1 atom stereocenters. The van der Waals surface area contributed by atoms with Gasteiger partial charge < -0.3 is 14.9 Å². The van der Waals surface area contributed by atoms with E-state index in [0.717, 1.165) is 28.3 Å². The second-order valence-electron chi connectivity index (χ2n) is 5.53. The van der Waals surface area contributed by atoms with Crippen LogP contribution in [0.3, 0.4) is 0 Å². The summed E-state index contributed by atoms with van der Waals surface area (Å²) in [5.74, 6) is 2.18. The summed E-state index contributed by atoms with van der Waals surface area (Å²) < 4.78 is 11.5. The first-order chi connectivity index (χ1) is 11.1. The topological polar surface area (TPSA) is 61.3 Å². The lowest BCUT2D eigenvalue weighted by molar-refractivity contribution is 0.299. The third-order valence-corrected chi connectivity index (χ3v) is 3.69. The number of oxazole rings is 1. The Balaban J connectivity index is 1.70. The van der Waals surface area contributed by atoms with E-state index in [-0.39, 0.29) is 6.04 Å². The Hall–Kier alpha value is -2.59. The number of hydrogen-bond donors (Lipinski definition) is 1. The molecule has 2 aromatic carbocycles. The summed E-state index contributed by atoms with van der Waals surface area (Å²) in [6, 6.07) is 17.7. The molecule has 1 unspecified atom stereocenters. The highest BCUT2D eigenvalue weighted by Gasteiger charge is 2.11. The molecule has 23 heavy (non-hydrogen) atoms. The lowest BCUT2D eigenvalue weighted by atomic mass is 10.1. The summed E-state index contributed by atoms with van der Waals surface area (Å²) in [6.07, 6.45) is 0.